The van der Waals surface area contributed by atoms with Crippen LogP contribution in [0, 0.1) is 0 Å². The first-order chi connectivity index (χ1) is 10.3. The summed E-state index contributed by atoms with van der Waals surface area (Å²) >= 11 is 5.88. The van der Waals surface area contributed by atoms with Gasteiger partial charge >= 0.3 is 6.18 Å². The highest BCUT2D eigenvalue weighted by Gasteiger charge is 2.46. The quantitative estimate of drug-likeness (QED) is 0.908. The Balaban J connectivity index is 2.04. The molecular weight excluding hydrogens is 317 g/mol. The topological polar surface area (TPSA) is 32.3 Å². The summed E-state index contributed by atoms with van der Waals surface area (Å²) in [5.74, 6) is -0.401. The van der Waals surface area contributed by atoms with Crippen molar-refractivity contribution in [1.82, 2.24) is 10.4 Å². The normalized spacial score (nSPS) is 17.7. The minimum Gasteiger partial charge on any atom is -0.288 e. The number of rotatable bonds is 2. The van der Waals surface area contributed by atoms with Gasteiger partial charge in [0.1, 0.15) is 6.04 Å². The van der Waals surface area contributed by atoms with E-state index in [-0.39, 0.29) is 18.5 Å². The minimum atomic E-state index is -4.49. The molecule has 3 nitrogen and oxygen atoms in total. The van der Waals surface area contributed by atoms with Gasteiger partial charge in [0.25, 0.3) is 0 Å². The van der Waals surface area contributed by atoms with Gasteiger partial charge in [-0.15, -0.1) is 0 Å². The van der Waals surface area contributed by atoms with Crippen LogP contribution in [0.15, 0.2) is 36.4 Å². The lowest BCUT2D eigenvalue weighted by atomic mass is 10.0. The fourth-order valence-electron chi connectivity index (χ4n) is 2.64. The van der Waals surface area contributed by atoms with E-state index in [1.165, 1.54) is 12.1 Å². The van der Waals surface area contributed by atoms with Crippen molar-refractivity contribution in [3.8, 4) is 0 Å². The lowest BCUT2D eigenvalue weighted by Crippen LogP contribution is -2.43. The largest absolute Gasteiger partial charge is 0.409 e. The zero-order valence-electron chi connectivity index (χ0n) is 11.3. The highest BCUT2D eigenvalue weighted by Crippen LogP contribution is 2.39. The number of hydrogen-bond donors (Lipinski definition) is 1. The van der Waals surface area contributed by atoms with Crippen molar-refractivity contribution in [2.75, 3.05) is 6.54 Å². The average molecular weight is 329 g/mol. The Morgan fingerprint density at radius 3 is 2.45 bits per heavy atom. The molecular formula is C15H12ClF3N2O. The van der Waals surface area contributed by atoms with Crippen LogP contribution in [0.3, 0.4) is 0 Å². The van der Waals surface area contributed by atoms with E-state index in [4.69, 9.17) is 11.6 Å². The predicted octanol–water partition coefficient (Wildman–Crippen LogP) is 3.83. The van der Waals surface area contributed by atoms with Crippen LogP contribution in [0.5, 0.6) is 0 Å². The molecule has 7 heteroatoms. The number of amides is 1. The number of nitrogens with one attached hydrogen (secondary N) is 1. The second-order valence-corrected chi connectivity index (χ2v) is 5.61. The first kappa shape index (κ1) is 15.1. The van der Waals surface area contributed by atoms with Gasteiger partial charge in [0.15, 0.2) is 0 Å². The van der Waals surface area contributed by atoms with E-state index < -0.39 is 18.1 Å². The van der Waals surface area contributed by atoms with Crippen LogP contribution in [-0.2, 0) is 4.79 Å². The van der Waals surface area contributed by atoms with E-state index in [1.807, 2.05) is 0 Å². The number of carbonyl (C=O) groups is 1. The third kappa shape index (κ3) is 2.89. The van der Waals surface area contributed by atoms with Gasteiger partial charge in [-0.2, -0.15) is 13.2 Å². The maximum atomic E-state index is 13.4. The first-order valence-electron chi connectivity index (χ1n) is 6.67. The van der Waals surface area contributed by atoms with E-state index in [0.717, 1.165) is 10.4 Å². The van der Waals surface area contributed by atoms with Crippen molar-refractivity contribution in [3.05, 3.63) is 47.0 Å². The second-order valence-electron chi connectivity index (χ2n) is 5.17. The van der Waals surface area contributed by atoms with Gasteiger partial charge in [-0.3, -0.25) is 10.2 Å². The van der Waals surface area contributed by atoms with Gasteiger partial charge in [-0.1, -0.05) is 29.8 Å². The standard InChI is InChI=1S/C15H12ClF3N2O/c16-12-4-3-9-7-11(2-1-10(9)8-12)14(15(17,18)19)21-6-5-13(22)20-21/h1-4,7-8,14H,5-6H2,(H,20,22). The molecule has 22 heavy (non-hydrogen) atoms. The van der Waals surface area contributed by atoms with Crippen molar-refractivity contribution in [3.63, 3.8) is 0 Å². The Bertz CT molecular complexity index is 732. The number of carbonyl (C=O) groups excluding carboxylic acids is 1. The number of nitrogens with zero attached hydrogens (tertiary/aromatic N) is 1. The Morgan fingerprint density at radius 2 is 1.82 bits per heavy atom. The Hall–Kier alpha value is -1.79. The lowest BCUT2D eigenvalue weighted by molar-refractivity contribution is -0.191. The minimum absolute atomic E-state index is 0.0294. The molecule has 0 aliphatic carbocycles. The third-order valence-electron chi connectivity index (χ3n) is 3.61. The highest BCUT2D eigenvalue weighted by molar-refractivity contribution is 6.31. The SMILES string of the molecule is O=C1CCN(C(c2ccc3cc(Cl)ccc3c2)C(F)(F)F)N1. The molecule has 1 aliphatic heterocycles. The number of halogens is 4. The van der Waals surface area contributed by atoms with E-state index in [1.54, 1.807) is 24.3 Å². The smallest absolute Gasteiger partial charge is 0.288 e. The summed E-state index contributed by atoms with van der Waals surface area (Å²) in [5, 5.41) is 2.91. The third-order valence-corrected chi connectivity index (χ3v) is 3.85. The zero-order chi connectivity index (χ0) is 15.9. The van der Waals surface area contributed by atoms with Gasteiger partial charge in [-0.05, 0) is 34.5 Å². The van der Waals surface area contributed by atoms with E-state index in [0.29, 0.717) is 10.4 Å². The maximum Gasteiger partial charge on any atom is 0.409 e. The molecule has 1 N–H and O–H groups in total. The Labute approximate surface area is 129 Å². The van der Waals surface area contributed by atoms with Gasteiger partial charge < -0.3 is 0 Å². The summed E-state index contributed by atoms with van der Waals surface area (Å²) in [5.41, 5.74) is 2.36. The summed E-state index contributed by atoms with van der Waals surface area (Å²) in [6.45, 7) is 0.0294. The number of hydrazine groups is 1. The molecule has 0 radical (unpaired) electrons. The van der Waals surface area contributed by atoms with Crippen molar-refractivity contribution >= 4 is 28.3 Å². The van der Waals surface area contributed by atoms with E-state index >= 15 is 0 Å². The molecule has 0 saturated carbocycles. The second kappa shape index (κ2) is 5.44. The number of hydrogen-bond acceptors (Lipinski definition) is 2. The lowest BCUT2D eigenvalue weighted by Gasteiger charge is -2.29. The predicted molar refractivity (Wildman–Crippen MR) is 77.2 cm³/mol. The van der Waals surface area contributed by atoms with Crippen molar-refractivity contribution < 1.29 is 18.0 Å². The fraction of sp³-hybridized carbons (Fsp3) is 0.267. The van der Waals surface area contributed by atoms with Crippen molar-refractivity contribution in [2.24, 2.45) is 0 Å². The summed E-state index contributed by atoms with van der Waals surface area (Å²) in [6.07, 6.45) is -4.42. The van der Waals surface area contributed by atoms with Crippen LogP contribution in [0.2, 0.25) is 5.02 Å². The molecule has 1 amide bonds. The van der Waals surface area contributed by atoms with Crippen molar-refractivity contribution in [2.45, 2.75) is 18.6 Å². The van der Waals surface area contributed by atoms with Crippen LogP contribution in [0.25, 0.3) is 10.8 Å². The Kier molecular flexibility index (Phi) is 3.74. The van der Waals surface area contributed by atoms with Gasteiger partial charge in [0.2, 0.25) is 5.91 Å². The molecule has 0 spiro atoms. The molecule has 1 aliphatic rings. The molecule has 1 heterocycles. The number of fused-ring (bicyclic) bond motifs is 1. The molecule has 0 bridgehead atoms. The van der Waals surface area contributed by atoms with Crippen LogP contribution >= 0.6 is 11.6 Å². The van der Waals surface area contributed by atoms with E-state index in [2.05, 4.69) is 5.43 Å². The number of benzene rings is 2. The van der Waals surface area contributed by atoms with E-state index in [9.17, 15) is 18.0 Å². The van der Waals surface area contributed by atoms with Crippen LogP contribution in [0.4, 0.5) is 13.2 Å². The molecule has 1 unspecified atom stereocenters. The van der Waals surface area contributed by atoms with Crippen LogP contribution < -0.4 is 5.43 Å². The molecule has 1 saturated heterocycles. The van der Waals surface area contributed by atoms with Gasteiger partial charge in [-0.25, -0.2) is 5.01 Å². The fourth-order valence-corrected chi connectivity index (χ4v) is 2.82. The molecule has 2 aromatic rings. The molecule has 1 fully saturated rings. The molecule has 1 atom stereocenters. The summed E-state index contributed by atoms with van der Waals surface area (Å²) in [4.78, 5) is 11.2. The van der Waals surface area contributed by atoms with Gasteiger partial charge in [0.05, 0.1) is 0 Å². The Morgan fingerprint density at radius 1 is 1.14 bits per heavy atom. The van der Waals surface area contributed by atoms with Crippen LogP contribution in [0.1, 0.15) is 18.0 Å². The zero-order valence-corrected chi connectivity index (χ0v) is 12.1. The summed E-state index contributed by atoms with van der Waals surface area (Å²) in [7, 11) is 0. The maximum absolute atomic E-state index is 13.4. The average Bonchev–Trinajstić information content (AvgIpc) is 2.83. The molecule has 0 aromatic heterocycles. The number of alkyl halides is 3. The highest BCUT2D eigenvalue weighted by atomic mass is 35.5. The first-order valence-corrected chi connectivity index (χ1v) is 7.04. The van der Waals surface area contributed by atoms with Crippen molar-refractivity contribution in [1.29, 1.82) is 0 Å². The monoisotopic (exact) mass is 328 g/mol. The van der Waals surface area contributed by atoms with Crippen LogP contribution in [-0.4, -0.2) is 23.6 Å². The summed E-state index contributed by atoms with van der Waals surface area (Å²) < 4.78 is 40.3. The van der Waals surface area contributed by atoms with Gasteiger partial charge in [0, 0.05) is 18.0 Å². The molecule has 3 rings (SSSR count). The molecule has 2 aromatic carbocycles. The summed E-state index contributed by atoms with van der Waals surface area (Å²) in [6, 6.07) is 7.65. The molecule has 116 valence electrons.